The van der Waals surface area contributed by atoms with Crippen LogP contribution in [0.4, 0.5) is 0 Å². The van der Waals surface area contributed by atoms with E-state index in [1.807, 2.05) is 25.1 Å². The van der Waals surface area contributed by atoms with Crippen molar-refractivity contribution in [2.75, 3.05) is 0 Å². The zero-order valence-corrected chi connectivity index (χ0v) is 10.3. The van der Waals surface area contributed by atoms with Gasteiger partial charge in [-0.2, -0.15) is 0 Å². The van der Waals surface area contributed by atoms with Gasteiger partial charge in [0.1, 0.15) is 0 Å². The van der Waals surface area contributed by atoms with Gasteiger partial charge in [-0.25, -0.2) is 0 Å². The highest BCUT2D eigenvalue weighted by atomic mass is 79.9. The van der Waals surface area contributed by atoms with Gasteiger partial charge in [0.15, 0.2) is 5.78 Å². The van der Waals surface area contributed by atoms with Gasteiger partial charge in [0.25, 0.3) is 0 Å². The Morgan fingerprint density at radius 2 is 2.13 bits per heavy atom. The fourth-order valence-electron chi connectivity index (χ4n) is 2.17. The summed E-state index contributed by atoms with van der Waals surface area (Å²) in [5, 5.41) is 0. The number of carbonyl (C=O) groups excluding carboxylic acids is 1. The molecule has 0 aromatic heterocycles. The van der Waals surface area contributed by atoms with Crippen LogP contribution < -0.4 is 5.73 Å². The molecular formula is C12H12BrNO. The second-order valence-corrected chi connectivity index (χ2v) is 4.75. The van der Waals surface area contributed by atoms with Gasteiger partial charge in [0.2, 0.25) is 0 Å². The lowest BCUT2D eigenvalue weighted by Gasteiger charge is -2.07. The molecule has 2 rings (SSSR count). The zero-order valence-electron chi connectivity index (χ0n) is 8.67. The van der Waals surface area contributed by atoms with Crippen molar-refractivity contribution in [1.82, 2.24) is 0 Å². The van der Waals surface area contributed by atoms with Crippen molar-refractivity contribution in [1.29, 1.82) is 0 Å². The molecule has 1 aliphatic carbocycles. The number of halogens is 1. The average Bonchev–Trinajstić information content (AvgIpc) is 2.39. The fraction of sp³-hybridized carbons (Fsp3) is 0.250. The van der Waals surface area contributed by atoms with Crippen LogP contribution in [0.3, 0.4) is 0 Å². The Bertz CT molecular complexity index is 477. The predicted molar refractivity (Wildman–Crippen MR) is 64.3 cm³/mol. The van der Waals surface area contributed by atoms with Crippen LogP contribution in [-0.4, -0.2) is 5.78 Å². The maximum atomic E-state index is 11.5. The van der Waals surface area contributed by atoms with Gasteiger partial charge >= 0.3 is 0 Å². The smallest absolute Gasteiger partial charge is 0.158 e. The minimum Gasteiger partial charge on any atom is -0.398 e. The number of benzene rings is 1. The molecule has 2 nitrogen and oxygen atoms in total. The van der Waals surface area contributed by atoms with Crippen molar-refractivity contribution in [3.8, 4) is 0 Å². The molecule has 1 atom stereocenters. The molecule has 0 radical (unpaired) electrons. The van der Waals surface area contributed by atoms with E-state index in [9.17, 15) is 4.79 Å². The highest BCUT2D eigenvalue weighted by molar-refractivity contribution is 9.10. The summed E-state index contributed by atoms with van der Waals surface area (Å²) < 4.78 is 1.02. The molecule has 1 unspecified atom stereocenters. The average molecular weight is 266 g/mol. The van der Waals surface area contributed by atoms with Gasteiger partial charge in [0, 0.05) is 27.2 Å². The summed E-state index contributed by atoms with van der Waals surface area (Å²) in [7, 11) is 0. The van der Waals surface area contributed by atoms with Crippen molar-refractivity contribution >= 4 is 27.4 Å². The number of rotatable bonds is 1. The molecule has 0 bridgehead atoms. The Hall–Kier alpha value is -1.09. The van der Waals surface area contributed by atoms with Crippen molar-refractivity contribution in [2.24, 2.45) is 5.73 Å². The highest BCUT2D eigenvalue weighted by Crippen LogP contribution is 2.40. The third-order valence-corrected chi connectivity index (χ3v) is 3.37. The Balaban J connectivity index is 2.62. The largest absolute Gasteiger partial charge is 0.398 e. The number of hydrogen-bond donors (Lipinski definition) is 1. The van der Waals surface area contributed by atoms with E-state index in [4.69, 9.17) is 5.73 Å². The maximum absolute atomic E-state index is 11.5. The molecule has 0 saturated carbocycles. The van der Waals surface area contributed by atoms with Gasteiger partial charge < -0.3 is 5.73 Å². The lowest BCUT2D eigenvalue weighted by molar-refractivity contribution is -0.113. The fourth-order valence-corrected chi connectivity index (χ4v) is 2.54. The van der Waals surface area contributed by atoms with Crippen molar-refractivity contribution in [3.05, 3.63) is 39.4 Å². The second kappa shape index (κ2) is 3.49. The quantitative estimate of drug-likeness (QED) is 0.849. The van der Waals surface area contributed by atoms with Crippen LogP contribution in [0.5, 0.6) is 0 Å². The minimum absolute atomic E-state index is 0.0623. The van der Waals surface area contributed by atoms with Gasteiger partial charge in [-0.15, -0.1) is 0 Å². The van der Waals surface area contributed by atoms with E-state index in [1.54, 1.807) is 6.92 Å². The summed E-state index contributed by atoms with van der Waals surface area (Å²) in [4.78, 5) is 11.5. The van der Waals surface area contributed by atoms with Crippen LogP contribution in [0.1, 0.15) is 30.9 Å². The number of nitrogens with two attached hydrogens (primary N) is 1. The number of allylic oxidation sites excluding steroid dienone is 1. The molecule has 0 amide bonds. The number of Topliss-reactive ketones (excluding diaryl/α,β-unsaturated/α-hetero) is 1. The third kappa shape index (κ3) is 1.51. The van der Waals surface area contributed by atoms with E-state index in [0.29, 0.717) is 5.70 Å². The molecule has 15 heavy (non-hydrogen) atoms. The van der Waals surface area contributed by atoms with Crippen LogP contribution in [-0.2, 0) is 4.79 Å². The molecule has 0 heterocycles. The topological polar surface area (TPSA) is 43.1 Å². The molecule has 3 heteroatoms. The van der Waals surface area contributed by atoms with E-state index in [1.165, 1.54) is 0 Å². The standard InChI is InChI=1S/C12H12BrNO/c1-6-10-5-8(13)3-4-9(10)12(14)11(6)7(2)15/h3-6H,14H2,1-2H3. The summed E-state index contributed by atoms with van der Waals surface area (Å²) in [6, 6.07) is 5.94. The first-order chi connectivity index (χ1) is 7.02. The monoisotopic (exact) mass is 265 g/mol. The van der Waals surface area contributed by atoms with Crippen molar-refractivity contribution < 1.29 is 4.79 Å². The van der Waals surface area contributed by atoms with Crippen LogP contribution >= 0.6 is 15.9 Å². The lowest BCUT2D eigenvalue weighted by Crippen LogP contribution is -2.05. The maximum Gasteiger partial charge on any atom is 0.158 e. The first-order valence-electron chi connectivity index (χ1n) is 4.82. The lowest BCUT2D eigenvalue weighted by atomic mass is 9.96. The molecule has 0 saturated heterocycles. The predicted octanol–water partition coefficient (Wildman–Crippen LogP) is 2.83. The van der Waals surface area contributed by atoms with Crippen molar-refractivity contribution in [3.63, 3.8) is 0 Å². The Morgan fingerprint density at radius 3 is 2.73 bits per heavy atom. The van der Waals surface area contributed by atoms with Crippen LogP contribution in [0.25, 0.3) is 5.70 Å². The Morgan fingerprint density at radius 1 is 1.47 bits per heavy atom. The van der Waals surface area contributed by atoms with E-state index in [0.717, 1.165) is 21.2 Å². The second-order valence-electron chi connectivity index (χ2n) is 3.84. The van der Waals surface area contributed by atoms with Crippen LogP contribution in [0, 0.1) is 0 Å². The normalized spacial score (nSPS) is 19.3. The van der Waals surface area contributed by atoms with Crippen molar-refractivity contribution in [2.45, 2.75) is 19.8 Å². The van der Waals surface area contributed by atoms with Gasteiger partial charge in [-0.3, -0.25) is 4.79 Å². The number of ketones is 1. The van der Waals surface area contributed by atoms with Crippen LogP contribution in [0.2, 0.25) is 0 Å². The first kappa shape index (κ1) is 10.4. The third-order valence-electron chi connectivity index (χ3n) is 2.87. The molecule has 2 N–H and O–H groups in total. The summed E-state index contributed by atoms with van der Waals surface area (Å²) in [6.07, 6.45) is 0. The molecule has 1 aromatic rings. The Labute approximate surface area is 97.3 Å². The molecular weight excluding hydrogens is 254 g/mol. The van der Waals surface area contributed by atoms with Gasteiger partial charge in [-0.1, -0.05) is 28.9 Å². The molecule has 1 aromatic carbocycles. The number of carbonyl (C=O) groups is 1. The summed E-state index contributed by atoms with van der Waals surface area (Å²) in [5.74, 6) is 0.169. The van der Waals surface area contributed by atoms with Crippen LogP contribution in [0.15, 0.2) is 28.2 Å². The van der Waals surface area contributed by atoms with E-state index in [-0.39, 0.29) is 11.7 Å². The molecule has 0 fully saturated rings. The molecule has 1 aliphatic rings. The zero-order chi connectivity index (χ0) is 11.2. The molecule has 0 aliphatic heterocycles. The summed E-state index contributed by atoms with van der Waals surface area (Å²) >= 11 is 3.43. The number of hydrogen-bond acceptors (Lipinski definition) is 2. The number of fused-ring (bicyclic) bond motifs is 1. The summed E-state index contributed by atoms with van der Waals surface area (Å²) in [6.45, 7) is 3.58. The molecule has 78 valence electrons. The van der Waals surface area contributed by atoms with Gasteiger partial charge in [0.05, 0.1) is 0 Å². The highest BCUT2D eigenvalue weighted by Gasteiger charge is 2.29. The van der Waals surface area contributed by atoms with Gasteiger partial charge in [-0.05, 0) is 24.6 Å². The summed E-state index contributed by atoms with van der Waals surface area (Å²) in [5.41, 5.74) is 9.48. The molecule has 0 spiro atoms. The SMILES string of the molecule is CC(=O)C1=C(N)c2ccc(Br)cc2C1C. The Kier molecular flexibility index (Phi) is 2.43. The van der Waals surface area contributed by atoms with E-state index < -0.39 is 0 Å². The minimum atomic E-state index is 0.0623. The van der Waals surface area contributed by atoms with E-state index in [2.05, 4.69) is 15.9 Å². The first-order valence-corrected chi connectivity index (χ1v) is 5.62. The van der Waals surface area contributed by atoms with E-state index >= 15 is 0 Å².